The van der Waals surface area contributed by atoms with Gasteiger partial charge < -0.3 is 0 Å². The van der Waals surface area contributed by atoms with Crippen LogP contribution >= 0.6 is 34.0 Å². The third-order valence-corrected chi connectivity index (χ3v) is 18.3. The van der Waals surface area contributed by atoms with Gasteiger partial charge in [-0.05, 0) is 67.0 Å². The summed E-state index contributed by atoms with van der Waals surface area (Å²) in [5.41, 5.74) is 3.79. The van der Waals surface area contributed by atoms with Crippen molar-refractivity contribution in [1.82, 2.24) is 4.90 Å². The molecule has 0 atom stereocenters. The molecule has 2 aliphatic rings. The smallest absolute Gasteiger partial charge is 0.263 e. The number of thiophene rings is 3. The second-order valence-corrected chi connectivity index (χ2v) is 20.0. The van der Waals surface area contributed by atoms with Crippen LogP contribution in [-0.2, 0) is 0 Å². The van der Waals surface area contributed by atoms with Crippen molar-refractivity contribution in [1.29, 1.82) is 0 Å². The van der Waals surface area contributed by atoms with Gasteiger partial charge in [0.15, 0.2) is 8.07 Å². The zero-order valence-corrected chi connectivity index (χ0v) is 30.2. The molecule has 0 N–H and O–H groups in total. The first-order valence-electron chi connectivity index (χ1n) is 16.2. The number of benzene rings is 2. The number of carbonyl (C=O) groups is 2. The SMILES string of the molecule is CCCCCCCCN1C(=O)c2c(C)sc(-c3cc4c(s3)-c3sc(C)cc3[Si]4(c3ccc(C)cc3)c3ccc(C)cc3)c2C1=O. The van der Waals surface area contributed by atoms with Crippen LogP contribution in [0.2, 0.25) is 0 Å². The Hall–Kier alpha value is -3.10. The Morgan fingerprint density at radius 1 is 0.622 bits per heavy atom. The Labute approximate surface area is 279 Å². The molecular formula is C38H39NO2S3Si. The summed E-state index contributed by atoms with van der Waals surface area (Å²) in [4.78, 5) is 36.1. The van der Waals surface area contributed by atoms with Crippen LogP contribution in [0, 0.1) is 27.7 Å². The number of hydrogen-bond acceptors (Lipinski definition) is 5. The van der Waals surface area contributed by atoms with E-state index in [9.17, 15) is 9.59 Å². The van der Waals surface area contributed by atoms with Crippen molar-refractivity contribution in [2.45, 2.75) is 73.1 Å². The molecule has 3 aromatic heterocycles. The van der Waals surface area contributed by atoms with Crippen molar-refractivity contribution in [2.75, 3.05) is 6.54 Å². The largest absolute Gasteiger partial charge is 0.274 e. The first-order chi connectivity index (χ1) is 21.7. The second kappa shape index (κ2) is 11.9. The topological polar surface area (TPSA) is 37.4 Å². The van der Waals surface area contributed by atoms with Crippen LogP contribution in [0.4, 0.5) is 0 Å². The van der Waals surface area contributed by atoms with Crippen molar-refractivity contribution >= 4 is 74.6 Å². The lowest BCUT2D eigenvalue weighted by atomic mass is 10.1. The van der Waals surface area contributed by atoms with E-state index in [4.69, 9.17) is 0 Å². The molecule has 7 rings (SSSR count). The maximum atomic E-state index is 13.9. The lowest BCUT2D eigenvalue weighted by molar-refractivity contribution is 0.0651. The van der Waals surface area contributed by atoms with Crippen molar-refractivity contribution in [3.05, 3.63) is 92.7 Å². The van der Waals surface area contributed by atoms with E-state index >= 15 is 0 Å². The van der Waals surface area contributed by atoms with E-state index < -0.39 is 8.07 Å². The van der Waals surface area contributed by atoms with Crippen LogP contribution in [0.3, 0.4) is 0 Å². The van der Waals surface area contributed by atoms with Gasteiger partial charge in [-0.25, -0.2) is 0 Å². The molecule has 0 spiro atoms. The summed E-state index contributed by atoms with van der Waals surface area (Å²) < 4.78 is 0. The summed E-state index contributed by atoms with van der Waals surface area (Å²) in [6.45, 7) is 11.3. The second-order valence-electron chi connectivity index (χ2n) is 12.7. The van der Waals surface area contributed by atoms with Crippen LogP contribution in [0.15, 0.2) is 60.7 Å². The summed E-state index contributed by atoms with van der Waals surface area (Å²) in [6, 6.07) is 23.2. The third kappa shape index (κ3) is 4.85. The molecule has 7 heteroatoms. The average Bonchev–Trinajstić information content (AvgIpc) is 3.80. The van der Waals surface area contributed by atoms with E-state index in [0.29, 0.717) is 17.7 Å². The fraction of sp³-hybridized carbons (Fsp3) is 0.316. The number of fused-ring (bicyclic) bond motifs is 4. The van der Waals surface area contributed by atoms with E-state index in [2.05, 4.69) is 88.4 Å². The predicted octanol–water partition coefficient (Wildman–Crippen LogP) is 8.09. The van der Waals surface area contributed by atoms with Gasteiger partial charge in [-0.2, -0.15) is 0 Å². The molecule has 0 unspecified atom stereocenters. The third-order valence-electron chi connectivity index (χ3n) is 9.53. The normalized spacial score (nSPS) is 14.7. The highest BCUT2D eigenvalue weighted by Crippen LogP contribution is 2.47. The Morgan fingerprint density at radius 3 is 1.82 bits per heavy atom. The number of aryl methyl sites for hydroxylation is 4. The Balaban J connectivity index is 1.34. The number of rotatable bonds is 10. The average molecular weight is 666 g/mol. The highest BCUT2D eigenvalue weighted by Gasteiger charge is 2.51. The molecule has 2 aromatic carbocycles. The summed E-state index contributed by atoms with van der Waals surface area (Å²) in [7, 11) is -2.59. The number of amides is 2. The molecule has 230 valence electrons. The number of hydrogen-bond donors (Lipinski definition) is 0. The molecule has 3 nitrogen and oxygen atoms in total. The number of imide groups is 1. The van der Waals surface area contributed by atoms with Gasteiger partial charge in [0.1, 0.15) is 0 Å². The van der Waals surface area contributed by atoms with Gasteiger partial charge in [-0.3, -0.25) is 14.5 Å². The fourth-order valence-electron chi connectivity index (χ4n) is 7.25. The Bertz CT molecular complexity index is 1880. The molecule has 45 heavy (non-hydrogen) atoms. The van der Waals surface area contributed by atoms with E-state index in [1.165, 1.54) is 70.7 Å². The molecule has 0 fully saturated rings. The van der Waals surface area contributed by atoms with Crippen molar-refractivity contribution in [3.8, 4) is 19.5 Å². The summed E-state index contributed by atoms with van der Waals surface area (Å²) >= 11 is 5.33. The first-order valence-corrected chi connectivity index (χ1v) is 20.6. The number of carbonyl (C=O) groups excluding carboxylic acids is 2. The van der Waals surface area contributed by atoms with Crippen LogP contribution < -0.4 is 20.7 Å². The molecule has 0 aliphatic carbocycles. The molecule has 0 saturated heterocycles. The highest BCUT2D eigenvalue weighted by atomic mass is 32.1. The number of unbranched alkanes of at least 4 members (excludes halogenated alkanes) is 5. The predicted molar refractivity (Wildman–Crippen MR) is 196 cm³/mol. The molecule has 0 saturated carbocycles. The van der Waals surface area contributed by atoms with E-state index in [-0.39, 0.29) is 11.8 Å². The van der Waals surface area contributed by atoms with Crippen molar-refractivity contribution in [2.24, 2.45) is 0 Å². The molecule has 0 radical (unpaired) electrons. The molecule has 5 heterocycles. The maximum absolute atomic E-state index is 13.9. The van der Waals surface area contributed by atoms with E-state index in [1.807, 2.05) is 29.6 Å². The Morgan fingerprint density at radius 2 is 1.18 bits per heavy atom. The molecule has 2 aliphatic heterocycles. The van der Waals surface area contributed by atoms with Crippen molar-refractivity contribution < 1.29 is 9.59 Å². The molecule has 2 amide bonds. The minimum Gasteiger partial charge on any atom is -0.274 e. The monoisotopic (exact) mass is 665 g/mol. The summed E-state index contributed by atoms with van der Waals surface area (Å²) in [6.07, 6.45) is 6.77. The van der Waals surface area contributed by atoms with Crippen LogP contribution in [0.1, 0.15) is 87.0 Å². The van der Waals surface area contributed by atoms with Crippen LogP contribution in [0.25, 0.3) is 19.5 Å². The van der Waals surface area contributed by atoms with Gasteiger partial charge in [0, 0.05) is 30.9 Å². The van der Waals surface area contributed by atoms with Crippen LogP contribution in [-0.4, -0.2) is 31.3 Å². The van der Waals surface area contributed by atoms with Gasteiger partial charge in [0.2, 0.25) is 0 Å². The Kier molecular flexibility index (Phi) is 8.09. The van der Waals surface area contributed by atoms with Gasteiger partial charge >= 0.3 is 0 Å². The van der Waals surface area contributed by atoms with Gasteiger partial charge in [0.05, 0.1) is 16.0 Å². The molecular weight excluding hydrogens is 627 g/mol. The minimum atomic E-state index is -2.59. The van der Waals surface area contributed by atoms with Crippen molar-refractivity contribution in [3.63, 3.8) is 0 Å². The standard InChI is InChI=1S/C38H39NO2S3Si/c1-6-7-8-9-10-11-20-39-37(40)32-26(5)43-34(33(32)38(39)41)29-22-31-36(44-29)35-30(21-25(4)42-35)45(31,27-16-12-23(2)13-17-27)28-18-14-24(3)15-19-28/h12-19,21-22H,6-11,20H2,1-5H3. The quantitative estimate of drug-likeness (QED) is 0.0843. The van der Waals surface area contributed by atoms with Gasteiger partial charge in [-0.1, -0.05) is 98.7 Å². The zero-order chi connectivity index (χ0) is 31.5. The summed E-state index contributed by atoms with van der Waals surface area (Å²) in [5, 5.41) is 5.68. The fourth-order valence-corrected chi connectivity index (χ4v) is 17.2. The lowest BCUT2D eigenvalue weighted by Gasteiger charge is -2.30. The van der Waals surface area contributed by atoms with Gasteiger partial charge in [-0.15, -0.1) is 34.0 Å². The molecule has 5 aromatic rings. The van der Waals surface area contributed by atoms with Gasteiger partial charge in [0.25, 0.3) is 11.8 Å². The summed E-state index contributed by atoms with van der Waals surface area (Å²) in [5.74, 6) is -0.212. The highest BCUT2D eigenvalue weighted by molar-refractivity contribution is 7.35. The maximum Gasteiger partial charge on any atom is 0.263 e. The number of nitrogens with zero attached hydrogens (tertiary/aromatic N) is 1. The van der Waals surface area contributed by atoms with Crippen LogP contribution in [0.5, 0.6) is 0 Å². The zero-order valence-electron chi connectivity index (χ0n) is 26.7. The molecule has 0 bridgehead atoms. The van der Waals surface area contributed by atoms with E-state index in [1.54, 1.807) is 11.3 Å². The lowest BCUT2D eigenvalue weighted by Crippen LogP contribution is -2.72. The van der Waals surface area contributed by atoms with E-state index in [0.717, 1.165) is 33.9 Å². The minimum absolute atomic E-state index is 0.105. The first kappa shape index (κ1) is 30.5.